The van der Waals surface area contributed by atoms with E-state index in [9.17, 15) is 0 Å². The zero-order chi connectivity index (χ0) is 12.9. The molecule has 0 saturated carbocycles. The average molecular weight is 241 g/mol. The van der Waals surface area contributed by atoms with Crippen LogP contribution in [0.5, 0.6) is 0 Å². The fraction of sp³-hybridized carbons (Fsp3) is 1.00. The summed E-state index contributed by atoms with van der Waals surface area (Å²) in [7, 11) is 6.54. The van der Waals surface area contributed by atoms with E-state index in [4.69, 9.17) is 0 Å². The highest BCUT2D eigenvalue weighted by Crippen LogP contribution is 2.16. The lowest BCUT2D eigenvalue weighted by Crippen LogP contribution is -2.42. The smallest absolute Gasteiger partial charge is 0.00387 e. The van der Waals surface area contributed by atoms with Gasteiger partial charge in [-0.2, -0.15) is 0 Å². The van der Waals surface area contributed by atoms with Crippen molar-refractivity contribution in [3.05, 3.63) is 0 Å². The van der Waals surface area contributed by atoms with Crippen LogP contribution in [0, 0.1) is 11.3 Å². The van der Waals surface area contributed by atoms with E-state index in [1.807, 2.05) is 0 Å². The van der Waals surface area contributed by atoms with Gasteiger partial charge >= 0.3 is 0 Å². The molecule has 1 N–H and O–H groups in total. The van der Waals surface area contributed by atoms with E-state index in [-0.39, 0.29) is 0 Å². The molecule has 3 heteroatoms. The van der Waals surface area contributed by atoms with Crippen molar-refractivity contribution in [1.29, 1.82) is 0 Å². The normalized spacial score (nSPS) is 23.3. The van der Waals surface area contributed by atoms with E-state index in [2.05, 4.69) is 50.1 Å². The third-order valence-corrected chi connectivity index (χ3v) is 3.50. The van der Waals surface area contributed by atoms with Gasteiger partial charge < -0.3 is 15.1 Å². The molecule has 0 aromatic rings. The zero-order valence-electron chi connectivity index (χ0n) is 12.4. The van der Waals surface area contributed by atoms with Gasteiger partial charge in [-0.05, 0) is 58.4 Å². The molecular formula is C14H31N3. The van der Waals surface area contributed by atoms with Gasteiger partial charge in [0.25, 0.3) is 0 Å². The first-order valence-corrected chi connectivity index (χ1v) is 6.93. The number of nitrogens with zero attached hydrogens (tertiary/aromatic N) is 2. The maximum atomic E-state index is 3.67. The Morgan fingerprint density at radius 1 is 1.35 bits per heavy atom. The molecule has 1 aliphatic rings. The summed E-state index contributed by atoms with van der Waals surface area (Å²) in [5, 5.41) is 3.67. The van der Waals surface area contributed by atoms with Gasteiger partial charge in [-0.1, -0.05) is 13.8 Å². The lowest BCUT2D eigenvalue weighted by molar-refractivity contribution is 0.191. The van der Waals surface area contributed by atoms with Gasteiger partial charge in [0.1, 0.15) is 0 Å². The summed E-state index contributed by atoms with van der Waals surface area (Å²) in [5.74, 6) is 0.851. The van der Waals surface area contributed by atoms with E-state index in [0.717, 1.165) is 19.0 Å². The lowest BCUT2D eigenvalue weighted by atomic mass is 9.92. The van der Waals surface area contributed by atoms with Gasteiger partial charge in [-0.3, -0.25) is 0 Å². The van der Waals surface area contributed by atoms with Crippen LogP contribution in [0.3, 0.4) is 0 Å². The molecule has 1 unspecified atom stereocenters. The molecule has 1 aliphatic heterocycles. The molecule has 1 heterocycles. The Hall–Kier alpha value is -0.120. The first-order valence-electron chi connectivity index (χ1n) is 6.93. The average Bonchev–Trinajstić information content (AvgIpc) is 2.15. The second kappa shape index (κ2) is 6.72. The van der Waals surface area contributed by atoms with Crippen molar-refractivity contribution in [1.82, 2.24) is 15.1 Å². The molecule has 0 aromatic heterocycles. The van der Waals surface area contributed by atoms with Crippen LogP contribution in [0.4, 0.5) is 0 Å². The predicted octanol–water partition coefficient (Wildman–Crippen LogP) is 1.51. The van der Waals surface area contributed by atoms with Crippen molar-refractivity contribution in [3.8, 4) is 0 Å². The Kier molecular flexibility index (Phi) is 5.90. The van der Waals surface area contributed by atoms with Crippen LogP contribution < -0.4 is 5.32 Å². The second-order valence-electron chi connectivity index (χ2n) is 6.80. The molecule has 0 spiro atoms. The molecule has 1 atom stereocenters. The Balaban J connectivity index is 2.18. The van der Waals surface area contributed by atoms with E-state index < -0.39 is 0 Å². The number of hydrogen-bond acceptors (Lipinski definition) is 3. The van der Waals surface area contributed by atoms with Crippen molar-refractivity contribution in [2.75, 3.05) is 53.9 Å². The fourth-order valence-corrected chi connectivity index (χ4v) is 2.97. The zero-order valence-corrected chi connectivity index (χ0v) is 12.4. The Bertz CT molecular complexity index is 214. The van der Waals surface area contributed by atoms with Gasteiger partial charge in [0.2, 0.25) is 0 Å². The Morgan fingerprint density at radius 2 is 2.06 bits per heavy atom. The van der Waals surface area contributed by atoms with E-state index in [1.54, 1.807) is 0 Å². The number of hydrogen-bond donors (Lipinski definition) is 1. The summed E-state index contributed by atoms with van der Waals surface area (Å²) in [4.78, 5) is 4.73. The maximum Gasteiger partial charge on any atom is 0.00387 e. The van der Waals surface area contributed by atoms with Crippen molar-refractivity contribution < 1.29 is 0 Å². The lowest BCUT2D eigenvalue weighted by Gasteiger charge is -2.32. The molecule has 0 radical (unpaired) electrons. The Labute approximate surface area is 108 Å². The summed E-state index contributed by atoms with van der Waals surface area (Å²) < 4.78 is 0. The highest BCUT2D eigenvalue weighted by molar-refractivity contribution is 4.77. The van der Waals surface area contributed by atoms with Crippen LogP contribution in [0.2, 0.25) is 0 Å². The third kappa shape index (κ3) is 6.39. The topological polar surface area (TPSA) is 18.5 Å². The van der Waals surface area contributed by atoms with Crippen LogP contribution in [0.25, 0.3) is 0 Å². The molecule has 0 amide bonds. The molecule has 3 nitrogen and oxygen atoms in total. The van der Waals surface area contributed by atoms with Gasteiger partial charge in [0.15, 0.2) is 0 Å². The summed E-state index contributed by atoms with van der Waals surface area (Å²) in [6, 6.07) is 0. The highest BCUT2D eigenvalue weighted by Gasteiger charge is 2.20. The first-order chi connectivity index (χ1) is 7.89. The van der Waals surface area contributed by atoms with Crippen molar-refractivity contribution in [3.63, 3.8) is 0 Å². The van der Waals surface area contributed by atoms with Crippen LogP contribution >= 0.6 is 0 Å². The number of nitrogens with one attached hydrogen (secondary N) is 1. The minimum Gasteiger partial charge on any atom is -0.316 e. The van der Waals surface area contributed by atoms with Gasteiger partial charge in [0.05, 0.1) is 0 Å². The monoisotopic (exact) mass is 241 g/mol. The molecule has 0 aromatic carbocycles. The molecule has 102 valence electrons. The first kappa shape index (κ1) is 14.9. The molecule has 17 heavy (non-hydrogen) atoms. The number of rotatable bonds is 6. The fourth-order valence-electron chi connectivity index (χ4n) is 2.97. The van der Waals surface area contributed by atoms with Crippen LogP contribution in [0.15, 0.2) is 0 Å². The second-order valence-corrected chi connectivity index (χ2v) is 6.80. The van der Waals surface area contributed by atoms with E-state index in [0.29, 0.717) is 5.41 Å². The van der Waals surface area contributed by atoms with Crippen molar-refractivity contribution >= 4 is 0 Å². The Morgan fingerprint density at radius 3 is 2.65 bits per heavy atom. The molecular weight excluding hydrogens is 210 g/mol. The van der Waals surface area contributed by atoms with Gasteiger partial charge in [-0.25, -0.2) is 0 Å². The minimum atomic E-state index is 0.365. The molecule has 1 rings (SSSR count). The highest BCUT2D eigenvalue weighted by atomic mass is 15.1. The molecule has 0 aliphatic carbocycles. The summed E-state index contributed by atoms with van der Waals surface area (Å²) in [6.07, 6.45) is 2.76. The summed E-state index contributed by atoms with van der Waals surface area (Å²) >= 11 is 0. The minimum absolute atomic E-state index is 0.365. The summed E-state index contributed by atoms with van der Waals surface area (Å²) in [6.45, 7) is 10.7. The SMILES string of the molecule is CN(C)CC(C)(C)CNCC1CCCN(C)C1. The van der Waals surface area contributed by atoms with Crippen LogP contribution in [0.1, 0.15) is 26.7 Å². The predicted molar refractivity (Wildman–Crippen MR) is 75.4 cm³/mol. The van der Waals surface area contributed by atoms with Gasteiger partial charge in [-0.15, -0.1) is 0 Å². The largest absolute Gasteiger partial charge is 0.316 e. The van der Waals surface area contributed by atoms with E-state index in [1.165, 1.54) is 32.5 Å². The van der Waals surface area contributed by atoms with Crippen molar-refractivity contribution in [2.45, 2.75) is 26.7 Å². The van der Waals surface area contributed by atoms with Crippen molar-refractivity contribution in [2.24, 2.45) is 11.3 Å². The van der Waals surface area contributed by atoms with E-state index >= 15 is 0 Å². The number of piperidine rings is 1. The van der Waals surface area contributed by atoms with Crippen LogP contribution in [-0.2, 0) is 0 Å². The third-order valence-electron chi connectivity index (χ3n) is 3.50. The maximum absolute atomic E-state index is 3.67. The molecule has 1 saturated heterocycles. The standard InChI is InChI=1S/C14H31N3/c1-14(2,12-16(3)4)11-15-9-13-7-6-8-17(5)10-13/h13,15H,6-12H2,1-5H3. The van der Waals surface area contributed by atoms with Gasteiger partial charge in [0, 0.05) is 19.6 Å². The molecule has 0 bridgehead atoms. The van der Waals surface area contributed by atoms with Crippen LogP contribution in [-0.4, -0.2) is 63.7 Å². The summed E-state index contributed by atoms with van der Waals surface area (Å²) in [5.41, 5.74) is 0.365. The molecule has 1 fully saturated rings. The quantitative estimate of drug-likeness (QED) is 0.760. The number of likely N-dealkylation sites (tertiary alicyclic amines) is 1.